The van der Waals surface area contributed by atoms with Gasteiger partial charge in [0, 0.05) is 56.7 Å². The van der Waals surface area contributed by atoms with Crippen molar-refractivity contribution in [2.24, 2.45) is 0 Å². The van der Waals surface area contributed by atoms with Gasteiger partial charge in [0.2, 0.25) is 0 Å². The molecule has 0 aliphatic heterocycles. The molecule has 1 heterocycles. The Kier molecular flexibility index (Phi) is 12.5. The molecule has 0 radical (unpaired) electrons. The van der Waals surface area contributed by atoms with E-state index < -0.39 is 15.4 Å². The molecule has 1 aromatic heterocycles. The van der Waals surface area contributed by atoms with Gasteiger partial charge in [0.25, 0.3) is 0 Å². The van der Waals surface area contributed by atoms with Crippen molar-refractivity contribution in [3.63, 3.8) is 0 Å². The fraction of sp³-hybridized carbons (Fsp3) is 0.182. The number of aromatic nitrogens is 1. The quantitative estimate of drug-likeness (QED) is 0.0845. The number of anilines is 6. The molecule has 282 valence electrons. The maximum absolute atomic E-state index is 12.1. The minimum absolute atomic E-state index is 0. The third-order valence-corrected chi connectivity index (χ3v) is 11.1. The van der Waals surface area contributed by atoms with Crippen LogP contribution in [0.25, 0.3) is 21.8 Å². The average Bonchev–Trinajstić information content (AvgIpc) is 3.52. The normalized spacial score (nSPS) is 11.8. The van der Waals surface area contributed by atoms with Gasteiger partial charge >= 0.3 is 29.6 Å². The second-order valence-electron chi connectivity index (χ2n) is 13.1. The Morgan fingerprint density at radius 1 is 0.518 bits per heavy atom. The molecule has 1 unspecified atom stereocenters. The Morgan fingerprint density at radius 2 is 0.804 bits per heavy atom. The number of nitrogens with zero attached hydrogens (tertiary/aromatic N) is 3. The third-order valence-electron chi connectivity index (χ3n) is 9.93. The van der Waals surface area contributed by atoms with Gasteiger partial charge in [-0.3, -0.25) is 0 Å². The molecule has 7 aromatic rings. The van der Waals surface area contributed by atoms with E-state index >= 15 is 0 Å². The predicted octanol–water partition coefficient (Wildman–Crippen LogP) is 7.10. The van der Waals surface area contributed by atoms with Gasteiger partial charge < -0.3 is 37.9 Å². The monoisotopic (exact) mass is 779 g/mol. The van der Waals surface area contributed by atoms with Crippen LogP contribution < -0.4 is 58.3 Å². The number of aryl methyl sites for hydroxylation is 1. The molecule has 12 heteroatoms. The van der Waals surface area contributed by atoms with E-state index in [0.29, 0.717) is 6.54 Å². The molecule has 0 saturated heterocycles. The summed E-state index contributed by atoms with van der Waals surface area (Å²) < 4.78 is 60.2. The molecule has 0 bridgehead atoms. The van der Waals surface area contributed by atoms with Crippen molar-refractivity contribution in [3.8, 4) is 23.0 Å². The Morgan fingerprint density at radius 3 is 1.07 bits per heavy atom. The van der Waals surface area contributed by atoms with Gasteiger partial charge in [0.1, 0.15) is 23.0 Å². The zero-order valence-electron chi connectivity index (χ0n) is 32.3. The molecule has 0 amide bonds. The third kappa shape index (κ3) is 8.33. The summed E-state index contributed by atoms with van der Waals surface area (Å²) in [6.07, 6.45) is 0.139. The number of rotatable bonds is 14. The Labute approximate surface area is 349 Å². The second kappa shape index (κ2) is 17.3. The van der Waals surface area contributed by atoms with Gasteiger partial charge in [-0.15, -0.1) is 0 Å². The van der Waals surface area contributed by atoms with Gasteiger partial charge in [0.15, 0.2) is 0 Å². The minimum atomic E-state index is -4.49. The number of hydrogen-bond acceptors (Lipinski definition) is 9. The predicted molar refractivity (Wildman–Crippen MR) is 219 cm³/mol. The molecule has 7 rings (SSSR count). The molecule has 56 heavy (non-hydrogen) atoms. The Bertz CT molecular complexity index is 2270. The van der Waals surface area contributed by atoms with E-state index in [0.717, 1.165) is 78.9 Å². The average molecular weight is 780 g/mol. The van der Waals surface area contributed by atoms with Crippen molar-refractivity contribution in [3.05, 3.63) is 133 Å². The largest absolute Gasteiger partial charge is 1.00 e. The number of benzene rings is 6. The summed E-state index contributed by atoms with van der Waals surface area (Å²) in [5.74, 6) is 2.97. The molecule has 0 aliphatic rings. The first kappa shape index (κ1) is 40.5. The summed E-state index contributed by atoms with van der Waals surface area (Å²) in [4.78, 5) is 4.29. The summed E-state index contributed by atoms with van der Waals surface area (Å²) in [6, 6.07) is 44.0. The molecule has 6 aromatic carbocycles. The molecule has 0 spiro atoms. The van der Waals surface area contributed by atoms with Crippen LogP contribution in [0.15, 0.2) is 133 Å². The van der Waals surface area contributed by atoms with Crippen molar-refractivity contribution >= 4 is 66.0 Å². The minimum Gasteiger partial charge on any atom is -0.748 e. The fourth-order valence-electron chi connectivity index (χ4n) is 6.87. The number of fused-ring (bicyclic) bond motifs is 3. The molecule has 0 N–H and O–H groups in total. The standard InChI is InChI=1S/C44H43N3O7S.Na/c1-30(55(48,49)50)26-27-45-43-28-35(46(31-6-16-37(51-2)17-7-31)32-8-18-38(52-3)19-9-32)14-24-41(43)42-25-15-36(29-44(42)45)47(33-10-20-39(53-4)21-11-33)34-12-22-40(54-5)23-13-34;/h6-25,28-30H,26-27H2,1-5H3,(H,48,49,50);/q;+1/p-1. The van der Waals surface area contributed by atoms with Crippen LogP contribution in [-0.2, 0) is 16.7 Å². The summed E-state index contributed by atoms with van der Waals surface area (Å²) in [5, 5.41) is 0.914. The Hall–Kier alpha value is -5.17. The molecule has 10 nitrogen and oxygen atoms in total. The molecule has 1 atom stereocenters. The number of ether oxygens (including phenoxy) is 4. The van der Waals surface area contributed by atoms with Crippen molar-refractivity contribution in [1.82, 2.24) is 4.57 Å². The van der Waals surface area contributed by atoms with Crippen LogP contribution in [0.2, 0.25) is 0 Å². The van der Waals surface area contributed by atoms with Gasteiger partial charge in [0.05, 0.1) is 49.6 Å². The topological polar surface area (TPSA) is 106 Å². The van der Waals surface area contributed by atoms with Crippen molar-refractivity contribution in [2.75, 3.05) is 38.2 Å². The molecular formula is C44H42N3NaO7S. The fourth-order valence-corrected chi connectivity index (χ4v) is 7.26. The first-order chi connectivity index (χ1) is 26.6. The van der Waals surface area contributed by atoms with Crippen LogP contribution in [0.5, 0.6) is 23.0 Å². The molecular weight excluding hydrogens is 738 g/mol. The molecule has 0 saturated carbocycles. The molecule has 0 fully saturated rings. The van der Waals surface area contributed by atoms with Crippen molar-refractivity contribution < 1.29 is 61.5 Å². The van der Waals surface area contributed by atoms with Crippen LogP contribution in [0.1, 0.15) is 13.3 Å². The SMILES string of the molecule is COc1ccc(N(c2ccc(OC)cc2)c2ccc3c4ccc(N(c5ccc(OC)cc5)c5ccc(OC)cc5)cc4n(CCC(C)S(=O)(=O)[O-])c3c2)cc1.[Na+]. The van der Waals surface area contributed by atoms with Crippen molar-refractivity contribution in [2.45, 2.75) is 25.1 Å². The van der Waals surface area contributed by atoms with E-state index in [1.807, 2.05) is 97.1 Å². The van der Waals surface area contributed by atoms with E-state index in [4.69, 9.17) is 18.9 Å². The summed E-state index contributed by atoms with van der Waals surface area (Å²) >= 11 is 0. The van der Waals surface area contributed by atoms with Crippen LogP contribution in [0, 0.1) is 0 Å². The summed E-state index contributed by atoms with van der Waals surface area (Å²) in [7, 11) is 2.06. The van der Waals surface area contributed by atoms with E-state index in [1.54, 1.807) is 28.4 Å². The van der Waals surface area contributed by atoms with Gasteiger partial charge in [-0.2, -0.15) is 0 Å². The zero-order valence-corrected chi connectivity index (χ0v) is 35.1. The van der Waals surface area contributed by atoms with E-state index in [2.05, 4.69) is 50.8 Å². The maximum Gasteiger partial charge on any atom is 1.00 e. The van der Waals surface area contributed by atoms with Gasteiger partial charge in [-0.1, -0.05) is 12.1 Å². The van der Waals surface area contributed by atoms with Crippen LogP contribution >= 0.6 is 0 Å². The first-order valence-electron chi connectivity index (χ1n) is 17.8. The Balaban J connectivity index is 0.00000532. The van der Waals surface area contributed by atoms with E-state index in [-0.39, 0.29) is 36.0 Å². The molecule has 0 aliphatic carbocycles. The van der Waals surface area contributed by atoms with Crippen molar-refractivity contribution in [1.29, 1.82) is 0 Å². The first-order valence-corrected chi connectivity index (χ1v) is 19.3. The number of hydrogen-bond donors (Lipinski definition) is 0. The summed E-state index contributed by atoms with van der Waals surface area (Å²) in [5.41, 5.74) is 7.21. The van der Waals surface area contributed by atoms with Gasteiger partial charge in [-0.05, 0) is 135 Å². The number of methoxy groups -OCH3 is 4. The van der Waals surface area contributed by atoms with Crippen LogP contribution in [0.3, 0.4) is 0 Å². The summed E-state index contributed by atoms with van der Waals surface area (Å²) in [6.45, 7) is 1.77. The smallest absolute Gasteiger partial charge is 0.748 e. The van der Waals surface area contributed by atoms with Crippen LogP contribution in [-0.4, -0.2) is 51.2 Å². The van der Waals surface area contributed by atoms with E-state index in [1.165, 1.54) is 6.92 Å². The van der Waals surface area contributed by atoms with Crippen LogP contribution in [0.4, 0.5) is 34.1 Å². The second-order valence-corrected chi connectivity index (χ2v) is 14.9. The maximum atomic E-state index is 12.1. The van der Waals surface area contributed by atoms with Gasteiger partial charge in [-0.25, -0.2) is 8.42 Å². The van der Waals surface area contributed by atoms with E-state index in [9.17, 15) is 13.0 Å². The zero-order chi connectivity index (χ0) is 38.7.